The van der Waals surface area contributed by atoms with Crippen LogP contribution in [0.5, 0.6) is 5.88 Å². The van der Waals surface area contributed by atoms with Gasteiger partial charge in [-0.15, -0.1) is 0 Å². The van der Waals surface area contributed by atoms with Crippen LogP contribution < -0.4 is 5.32 Å². The van der Waals surface area contributed by atoms with Crippen molar-refractivity contribution < 1.29 is 34.1 Å². The van der Waals surface area contributed by atoms with E-state index in [9.17, 15) is 23.9 Å². The lowest BCUT2D eigenvalue weighted by Crippen LogP contribution is -2.41. The van der Waals surface area contributed by atoms with Gasteiger partial charge in [-0.3, -0.25) is 9.59 Å². The summed E-state index contributed by atoms with van der Waals surface area (Å²) in [5.74, 6) is -4.26. The van der Waals surface area contributed by atoms with E-state index in [-0.39, 0.29) is 24.3 Å². The average molecular weight is 430 g/mol. The Morgan fingerprint density at radius 1 is 1.23 bits per heavy atom. The van der Waals surface area contributed by atoms with Gasteiger partial charge in [-0.1, -0.05) is 6.07 Å². The number of hydrogen-bond acceptors (Lipinski definition) is 6. The number of nitrogens with zero attached hydrogens (tertiary/aromatic N) is 2. The number of aromatic hydroxyl groups is 1. The maximum atomic E-state index is 14.6. The van der Waals surface area contributed by atoms with Gasteiger partial charge in [0.1, 0.15) is 23.3 Å². The third kappa shape index (κ3) is 4.94. The van der Waals surface area contributed by atoms with Crippen molar-refractivity contribution >= 4 is 28.9 Å². The molecule has 2 heterocycles. The van der Waals surface area contributed by atoms with Gasteiger partial charge >= 0.3 is 11.9 Å². The third-order valence-corrected chi connectivity index (χ3v) is 4.63. The normalized spacial score (nSPS) is 11.9. The number of benzene rings is 1. The fourth-order valence-electron chi connectivity index (χ4n) is 3.16. The van der Waals surface area contributed by atoms with E-state index in [1.54, 1.807) is 13.1 Å². The van der Waals surface area contributed by atoms with E-state index in [4.69, 9.17) is 10.2 Å². The van der Waals surface area contributed by atoms with Crippen molar-refractivity contribution in [2.75, 3.05) is 0 Å². The van der Waals surface area contributed by atoms with Crippen LogP contribution in [-0.2, 0) is 16.0 Å². The average Bonchev–Trinajstić information content (AvgIpc) is 3.07. The summed E-state index contributed by atoms with van der Waals surface area (Å²) in [6.45, 7) is 1.63. The van der Waals surface area contributed by atoms with Crippen molar-refractivity contribution in [1.82, 2.24) is 20.3 Å². The van der Waals surface area contributed by atoms with Crippen LogP contribution in [0.4, 0.5) is 4.39 Å². The van der Waals surface area contributed by atoms with Crippen LogP contribution in [-0.4, -0.2) is 54.2 Å². The Morgan fingerprint density at radius 2 is 1.97 bits per heavy atom. The largest absolute Gasteiger partial charge is 0.493 e. The second kappa shape index (κ2) is 8.78. The lowest BCUT2D eigenvalue weighted by molar-refractivity contribution is -0.140. The number of fused-ring (bicyclic) bond motifs is 1. The summed E-state index contributed by atoms with van der Waals surface area (Å²) in [7, 11) is 0. The molecule has 5 N–H and O–H groups in total. The minimum atomic E-state index is -1.46. The Labute approximate surface area is 174 Å². The van der Waals surface area contributed by atoms with Gasteiger partial charge in [-0.05, 0) is 43.0 Å². The molecular formula is C20H19FN4O6. The van der Waals surface area contributed by atoms with E-state index in [1.807, 2.05) is 0 Å². The molecule has 0 radical (unpaired) electrons. The van der Waals surface area contributed by atoms with Crippen LogP contribution in [0.2, 0.25) is 0 Å². The molecule has 11 heteroatoms. The summed E-state index contributed by atoms with van der Waals surface area (Å²) in [6.07, 6.45) is 1.05. The number of H-pyrrole nitrogens is 1. The van der Waals surface area contributed by atoms with E-state index < -0.39 is 36.1 Å². The Hall–Kier alpha value is -4.02. The molecule has 31 heavy (non-hydrogen) atoms. The summed E-state index contributed by atoms with van der Waals surface area (Å²) in [5, 5.41) is 30.5. The number of carboxylic acids is 2. The second-order valence-corrected chi connectivity index (χ2v) is 6.92. The second-order valence-electron chi connectivity index (χ2n) is 6.92. The van der Waals surface area contributed by atoms with Gasteiger partial charge in [0, 0.05) is 12.6 Å². The number of hydrogen-bond donors (Lipinski definition) is 5. The molecule has 10 nitrogen and oxygen atoms in total. The Balaban J connectivity index is 1.78. The van der Waals surface area contributed by atoms with Crippen LogP contribution in [0.3, 0.4) is 0 Å². The quantitative estimate of drug-likeness (QED) is 0.360. The van der Waals surface area contributed by atoms with E-state index in [1.165, 1.54) is 12.1 Å². The number of carbonyl (C=O) groups is 3. The van der Waals surface area contributed by atoms with Crippen LogP contribution in [0.1, 0.15) is 40.2 Å². The van der Waals surface area contributed by atoms with Crippen molar-refractivity contribution in [2.24, 2.45) is 0 Å². The maximum absolute atomic E-state index is 14.6. The van der Waals surface area contributed by atoms with E-state index in [0.29, 0.717) is 28.0 Å². The van der Waals surface area contributed by atoms with Gasteiger partial charge < -0.3 is 25.6 Å². The Kier molecular flexibility index (Phi) is 6.14. The zero-order chi connectivity index (χ0) is 22.7. The van der Waals surface area contributed by atoms with Crippen molar-refractivity contribution in [1.29, 1.82) is 0 Å². The number of carboxylic acid groups (broad SMARTS) is 2. The summed E-state index contributed by atoms with van der Waals surface area (Å²) < 4.78 is 14.6. The number of aromatic nitrogens is 3. The van der Waals surface area contributed by atoms with E-state index >= 15 is 0 Å². The Bertz CT molecular complexity index is 1180. The monoisotopic (exact) mass is 430 g/mol. The summed E-state index contributed by atoms with van der Waals surface area (Å²) in [4.78, 5) is 45.2. The fraction of sp³-hybridized carbons (Fsp3) is 0.250. The first-order valence-corrected chi connectivity index (χ1v) is 9.23. The minimum Gasteiger partial charge on any atom is -0.493 e. The number of aryl methyl sites for hydroxylation is 1. The highest BCUT2D eigenvalue weighted by molar-refractivity contribution is 5.97. The molecule has 0 unspecified atom stereocenters. The van der Waals surface area contributed by atoms with Crippen molar-refractivity contribution in [2.45, 2.75) is 32.2 Å². The van der Waals surface area contributed by atoms with Gasteiger partial charge in [-0.2, -0.15) is 4.98 Å². The minimum absolute atomic E-state index is 0.198. The highest BCUT2D eigenvalue weighted by Crippen LogP contribution is 2.27. The lowest BCUT2D eigenvalue weighted by Gasteiger charge is -2.14. The molecule has 2 aromatic heterocycles. The topological polar surface area (TPSA) is 166 Å². The molecule has 0 saturated heterocycles. The first kappa shape index (κ1) is 21.7. The molecule has 3 rings (SSSR count). The molecule has 0 spiro atoms. The molecule has 1 aromatic carbocycles. The fourth-order valence-corrected chi connectivity index (χ4v) is 3.16. The zero-order valence-electron chi connectivity index (χ0n) is 16.3. The van der Waals surface area contributed by atoms with Crippen molar-refractivity contribution in [3.8, 4) is 5.88 Å². The third-order valence-electron chi connectivity index (χ3n) is 4.63. The number of rotatable bonds is 8. The highest BCUT2D eigenvalue weighted by Gasteiger charge is 2.23. The van der Waals surface area contributed by atoms with E-state index in [0.717, 1.165) is 6.07 Å². The van der Waals surface area contributed by atoms with E-state index in [2.05, 4.69) is 20.3 Å². The summed E-state index contributed by atoms with van der Waals surface area (Å²) >= 11 is 0. The standard InChI is InChI=1S/C20H19FN4O6/c1-9-23-17-16(19(29)24-9)11(8-22-17)6-10-2-3-12(13(21)7-10)18(28)25-14(20(30)31)4-5-15(26)27/h2-3,7-8,14H,4-6H2,1H3,(H,25,28)(H,26,27)(H,30,31)(H2,22,23,24,29)/t14-/m0/s1. The van der Waals surface area contributed by atoms with Gasteiger partial charge in [0.25, 0.3) is 5.91 Å². The van der Waals surface area contributed by atoms with Gasteiger partial charge in [0.2, 0.25) is 5.88 Å². The molecule has 0 bridgehead atoms. The smallest absolute Gasteiger partial charge is 0.326 e. The maximum Gasteiger partial charge on any atom is 0.326 e. The number of amides is 1. The van der Waals surface area contributed by atoms with Crippen LogP contribution in [0, 0.1) is 12.7 Å². The predicted molar refractivity (Wildman–Crippen MR) is 105 cm³/mol. The first-order valence-electron chi connectivity index (χ1n) is 9.23. The number of aliphatic carboxylic acids is 2. The first-order chi connectivity index (χ1) is 14.7. The number of aromatic amines is 1. The van der Waals surface area contributed by atoms with Gasteiger partial charge in [0.15, 0.2) is 0 Å². The number of nitrogens with one attached hydrogen (secondary N) is 2. The lowest BCUT2D eigenvalue weighted by atomic mass is 10.0. The summed E-state index contributed by atoms with van der Waals surface area (Å²) in [6, 6.07) is 2.38. The molecule has 0 fully saturated rings. The molecule has 1 atom stereocenters. The van der Waals surface area contributed by atoms with Crippen molar-refractivity contribution in [3.63, 3.8) is 0 Å². The molecule has 1 amide bonds. The molecule has 0 aliphatic rings. The molecular weight excluding hydrogens is 411 g/mol. The zero-order valence-corrected chi connectivity index (χ0v) is 16.3. The van der Waals surface area contributed by atoms with Gasteiger partial charge in [0.05, 0.1) is 10.9 Å². The number of carbonyl (C=O) groups excluding carboxylic acids is 1. The molecule has 0 saturated carbocycles. The van der Waals surface area contributed by atoms with Crippen LogP contribution in [0.15, 0.2) is 24.4 Å². The SMILES string of the molecule is Cc1nc(O)c2c(Cc3ccc(C(=O)N[C@@H](CCC(=O)O)C(=O)O)c(F)c3)c[nH]c2n1. The molecule has 3 aromatic rings. The van der Waals surface area contributed by atoms with Crippen LogP contribution >= 0.6 is 0 Å². The Morgan fingerprint density at radius 3 is 2.61 bits per heavy atom. The van der Waals surface area contributed by atoms with Gasteiger partial charge in [-0.25, -0.2) is 14.2 Å². The number of halogens is 1. The summed E-state index contributed by atoms with van der Waals surface area (Å²) in [5.41, 5.74) is 1.20. The predicted octanol–water partition coefficient (Wildman–Crippen LogP) is 1.75. The van der Waals surface area contributed by atoms with Crippen LogP contribution in [0.25, 0.3) is 11.0 Å². The molecule has 0 aliphatic carbocycles. The van der Waals surface area contributed by atoms with Crippen molar-refractivity contribution in [3.05, 3.63) is 52.7 Å². The molecule has 0 aliphatic heterocycles. The highest BCUT2D eigenvalue weighted by atomic mass is 19.1. The molecule has 162 valence electrons.